The molecule has 2 aliphatic rings. The van der Waals surface area contributed by atoms with Gasteiger partial charge in [0.25, 0.3) is 11.5 Å². The summed E-state index contributed by atoms with van der Waals surface area (Å²) in [6.07, 6.45) is 3.66. The molecule has 1 amide bonds. The van der Waals surface area contributed by atoms with E-state index in [1.54, 1.807) is 12.0 Å². The number of benzene rings is 1. The number of methoxy groups -OCH3 is 1. The third kappa shape index (κ3) is 3.71. The van der Waals surface area contributed by atoms with Gasteiger partial charge in [-0.05, 0) is 25.0 Å². The van der Waals surface area contributed by atoms with Crippen LogP contribution in [-0.2, 0) is 0 Å². The Morgan fingerprint density at radius 2 is 1.84 bits per heavy atom. The van der Waals surface area contributed by atoms with E-state index >= 15 is 0 Å². The molecule has 5 rings (SSSR count). The third-order valence-electron chi connectivity index (χ3n) is 5.87. The highest BCUT2D eigenvalue weighted by Gasteiger charge is 2.26. The van der Waals surface area contributed by atoms with Crippen molar-refractivity contribution in [3.8, 4) is 5.75 Å². The second-order valence-electron chi connectivity index (χ2n) is 7.73. The minimum atomic E-state index is -0.396. The molecule has 0 N–H and O–H groups in total. The molecule has 0 aliphatic carbocycles. The molecule has 0 unspecified atom stereocenters. The molecular formula is C21H24N6O3S. The first-order chi connectivity index (χ1) is 15.1. The molecule has 0 saturated carbocycles. The molecule has 10 heteroatoms. The molecule has 2 saturated heterocycles. The lowest BCUT2D eigenvalue weighted by Crippen LogP contribution is -2.49. The van der Waals surface area contributed by atoms with Gasteiger partial charge in [0.15, 0.2) is 0 Å². The number of anilines is 2. The summed E-state index contributed by atoms with van der Waals surface area (Å²) in [6, 6.07) is 7.89. The zero-order valence-electron chi connectivity index (χ0n) is 17.4. The van der Waals surface area contributed by atoms with Crippen LogP contribution in [0, 0.1) is 0 Å². The van der Waals surface area contributed by atoms with Crippen LogP contribution in [0.3, 0.4) is 0 Å². The zero-order chi connectivity index (χ0) is 21.4. The summed E-state index contributed by atoms with van der Waals surface area (Å²) in [6.45, 7) is 4.33. The number of hydrogen-bond donors (Lipinski definition) is 0. The molecule has 2 fully saturated rings. The second-order valence-corrected chi connectivity index (χ2v) is 8.67. The highest BCUT2D eigenvalue weighted by molar-refractivity contribution is 7.20. The first-order valence-corrected chi connectivity index (χ1v) is 11.3. The molecule has 1 aromatic carbocycles. The van der Waals surface area contributed by atoms with Crippen LogP contribution in [0.5, 0.6) is 5.75 Å². The van der Waals surface area contributed by atoms with Crippen LogP contribution >= 0.6 is 11.3 Å². The Balaban J connectivity index is 1.32. The van der Waals surface area contributed by atoms with E-state index in [4.69, 9.17) is 4.74 Å². The van der Waals surface area contributed by atoms with Crippen molar-refractivity contribution in [3.63, 3.8) is 0 Å². The largest absolute Gasteiger partial charge is 0.497 e. The summed E-state index contributed by atoms with van der Waals surface area (Å²) in [5.41, 5.74) is 0.740. The number of ether oxygens (including phenoxy) is 1. The minimum Gasteiger partial charge on any atom is -0.497 e. The number of amides is 1. The molecule has 0 bridgehead atoms. The fraction of sp³-hybridized carbons (Fsp3) is 0.429. The number of fused-ring (bicyclic) bond motifs is 1. The average molecular weight is 441 g/mol. The molecule has 3 aromatic rings. The predicted molar refractivity (Wildman–Crippen MR) is 120 cm³/mol. The van der Waals surface area contributed by atoms with Crippen molar-refractivity contribution < 1.29 is 9.53 Å². The van der Waals surface area contributed by atoms with E-state index in [0.717, 1.165) is 42.5 Å². The van der Waals surface area contributed by atoms with Gasteiger partial charge in [-0.3, -0.25) is 9.59 Å². The van der Waals surface area contributed by atoms with Crippen molar-refractivity contribution in [1.82, 2.24) is 19.5 Å². The zero-order valence-corrected chi connectivity index (χ0v) is 18.2. The van der Waals surface area contributed by atoms with E-state index in [-0.39, 0.29) is 11.5 Å². The summed E-state index contributed by atoms with van der Waals surface area (Å²) in [7, 11) is 1.65. The summed E-state index contributed by atoms with van der Waals surface area (Å²) < 4.78 is 6.58. The number of carbonyl (C=O) groups is 1. The average Bonchev–Trinajstić information content (AvgIpc) is 3.49. The highest BCUT2D eigenvalue weighted by Crippen LogP contribution is 2.25. The SMILES string of the molecule is COc1cccc(N2CCN(C(=O)c3cnc4sc(N5CCCC5)nn4c3=O)CC2)c1. The molecule has 4 heterocycles. The van der Waals surface area contributed by atoms with Crippen molar-refractivity contribution in [3.05, 3.63) is 46.4 Å². The number of piperazine rings is 1. The van der Waals surface area contributed by atoms with Crippen molar-refractivity contribution in [2.75, 3.05) is 56.2 Å². The number of hydrogen-bond acceptors (Lipinski definition) is 8. The van der Waals surface area contributed by atoms with Gasteiger partial charge in [-0.1, -0.05) is 17.4 Å². The van der Waals surface area contributed by atoms with E-state index in [0.29, 0.717) is 31.1 Å². The molecule has 162 valence electrons. The number of aromatic nitrogens is 3. The smallest absolute Gasteiger partial charge is 0.288 e. The quantitative estimate of drug-likeness (QED) is 0.611. The van der Waals surface area contributed by atoms with Gasteiger partial charge >= 0.3 is 0 Å². The van der Waals surface area contributed by atoms with Crippen LogP contribution in [0.1, 0.15) is 23.2 Å². The molecule has 31 heavy (non-hydrogen) atoms. The maximum atomic E-state index is 13.1. The van der Waals surface area contributed by atoms with E-state index in [9.17, 15) is 9.59 Å². The van der Waals surface area contributed by atoms with Gasteiger partial charge in [0.05, 0.1) is 7.11 Å². The van der Waals surface area contributed by atoms with Gasteiger partial charge in [0, 0.05) is 57.2 Å². The van der Waals surface area contributed by atoms with Crippen molar-refractivity contribution >= 4 is 33.0 Å². The molecule has 0 atom stereocenters. The van der Waals surface area contributed by atoms with Gasteiger partial charge in [-0.2, -0.15) is 4.52 Å². The van der Waals surface area contributed by atoms with E-state index < -0.39 is 5.56 Å². The fourth-order valence-electron chi connectivity index (χ4n) is 4.10. The van der Waals surface area contributed by atoms with Gasteiger partial charge in [-0.15, -0.1) is 5.10 Å². The maximum Gasteiger partial charge on any atom is 0.288 e. The fourth-order valence-corrected chi connectivity index (χ4v) is 5.02. The topological polar surface area (TPSA) is 83.3 Å². The van der Waals surface area contributed by atoms with Gasteiger partial charge in [-0.25, -0.2) is 4.98 Å². The Morgan fingerprint density at radius 1 is 1.06 bits per heavy atom. The lowest BCUT2D eigenvalue weighted by molar-refractivity contribution is 0.0744. The third-order valence-corrected chi connectivity index (χ3v) is 6.85. The van der Waals surface area contributed by atoms with Crippen molar-refractivity contribution in [1.29, 1.82) is 0 Å². The monoisotopic (exact) mass is 440 g/mol. The summed E-state index contributed by atoms with van der Waals surface area (Å²) >= 11 is 1.39. The second kappa shape index (κ2) is 8.18. The Morgan fingerprint density at radius 3 is 2.58 bits per heavy atom. The first kappa shape index (κ1) is 19.8. The summed E-state index contributed by atoms with van der Waals surface area (Å²) in [5, 5.41) is 5.24. The van der Waals surface area contributed by atoms with Crippen molar-refractivity contribution in [2.45, 2.75) is 12.8 Å². The Bertz CT molecular complexity index is 1160. The van der Waals surface area contributed by atoms with Crippen molar-refractivity contribution in [2.24, 2.45) is 0 Å². The van der Waals surface area contributed by atoms with Gasteiger partial charge in [0.1, 0.15) is 11.3 Å². The number of nitrogens with zero attached hydrogens (tertiary/aromatic N) is 6. The van der Waals surface area contributed by atoms with E-state index in [1.807, 2.05) is 24.3 Å². The highest BCUT2D eigenvalue weighted by atomic mass is 32.1. The van der Waals surface area contributed by atoms with Gasteiger partial charge in [0.2, 0.25) is 10.1 Å². The van der Waals surface area contributed by atoms with Gasteiger partial charge < -0.3 is 19.4 Å². The maximum absolute atomic E-state index is 13.1. The van der Waals surface area contributed by atoms with Crippen LogP contribution in [0.4, 0.5) is 10.8 Å². The Kier molecular flexibility index (Phi) is 5.23. The Labute approximate surface area is 183 Å². The number of carbonyl (C=O) groups excluding carboxylic acids is 1. The standard InChI is InChI=1S/C21H24N6O3S/c1-30-16-6-4-5-15(13-16)24-9-11-25(12-10-24)18(28)17-14-22-20-27(19(17)29)23-21(31-20)26-7-2-3-8-26/h4-6,13-14H,2-3,7-12H2,1H3. The summed E-state index contributed by atoms with van der Waals surface area (Å²) in [4.78, 5) is 37.0. The van der Waals surface area contributed by atoms with Crippen LogP contribution in [0.2, 0.25) is 0 Å². The predicted octanol–water partition coefficient (Wildman–Crippen LogP) is 1.72. The molecule has 2 aliphatic heterocycles. The number of rotatable bonds is 4. The summed E-state index contributed by atoms with van der Waals surface area (Å²) in [5.74, 6) is 0.521. The molecule has 2 aromatic heterocycles. The van der Waals surface area contributed by atoms with Crippen LogP contribution in [0.15, 0.2) is 35.3 Å². The molecule has 9 nitrogen and oxygen atoms in total. The lowest BCUT2D eigenvalue weighted by Gasteiger charge is -2.36. The Hall–Kier alpha value is -3.14. The molecule has 0 spiro atoms. The first-order valence-electron chi connectivity index (χ1n) is 10.5. The normalized spacial score (nSPS) is 16.9. The van der Waals surface area contributed by atoms with Crippen LogP contribution in [-0.4, -0.2) is 71.8 Å². The van der Waals surface area contributed by atoms with Crippen LogP contribution < -0.4 is 20.1 Å². The van der Waals surface area contributed by atoms with E-state index in [2.05, 4.69) is 19.9 Å². The lowest BCUT2D eigenvalue weighted by atomic mass is 10.2. The van der Waals surface area contributed by atoms with Crippen LogP contribution in [0.25, 0.3) is 4.96 Å². The minimum absolute atomic E-state index is 0.0746. The molecular weight excluding hydrogens is 416 g/mol. The molecule has 0 radical (unpaired) electrons. The van der Waals surface area contributed by atoms with E-state index in [1.165, 1.54) is 22.0 Å².